The molecule has 2 N–H and O–H groups in total. The summed E-state index contributed by atoms with van der Waals surface area (Å²) in [5.41, 5.74) is 1.12. The fraction of sp³-hybridized carbons (Fsp3) is 0.565. The molecule has 0 radical (unpaired) electrons. The van der Waals surface area contributed by atoms with Gasteiger partial charge in [-0.1, -0.05) is 6.42 Å². The van der Waals surface area contributed by atoms with E-state index >= 15 is 0 Å². The first-order chi connectivity index (χ1) is 14.8. The normalized spacial score (nSPS) is 18.2. The van der Waals surface area contributed by atoms with Crippen molar-refractivity contribution in [2.75, 3.05) is 33.3 Å². The fourth-order valence-corrected chi connectivity index (χ4v) is 3.85. The Morgan fingerprint density at radius 2 is 2.10 bits per heavy atom. The van der Waals surface area contributed by atoms with Gasteiger partial charge in [0.1, 0.15) is 5.76 Å². The zero-order valence-electron chi connectivity index (χ0n) is 18.3. The quantitative estimate of drug-likeness (QED) is 0.286. The smallest absolute Gasteiger partial charge is 0.213 e. The maximum Gasteiger partial charge on any atom is 0.213 e. The van der Waals surface area contributed by atoms with Crippen LogP contribution < -0.4 is 15.4 Å². The highest BCUT2D eigenvalue weighted by atomic mass is 127. The van der Waals surface area contributed by atoms with Gasteiger partial charge in [0.2, 0.25) is 5.88 Å². The summed E-state index contributed by atoms with van der Waals surface area (Å²) >= 11 is 0. The van der Waals surface area contributed by atoms with Crippen molar-refractivity contribution in [2.45, 2.75) is 44.7 Å². The van der Waals surface area contributed by atoms with E-state index in [1.165, 1.54) is 32.1 Å². The monoisotopic (exact) mass is 539 g/mol. The van der Waals surface area contributed by atoms with E-state index in [0.717, 1.165) is 49.4 Å². The fourth-order valence-electron chi connectivity index (χ4n) is 3.85. The van der Waals surface area contributed by atoms with E-state index in [0.29, 0.717) is 12.4 Å². The van der Waals surface area contributed by atoms with E-state index in [9.17, 15) is 0 Å². The Hall–Kier alpha value is -1.81. The van der Waals surface area contributed by atoms with E-state index in [2.05, 4.69) is 31.6 Å². The number of nitrogens with one attached hydrogen (secondary N) is 2. The lowest BCUT2D eigenvalue weighted by Gasteiger charge is -2.33. The Morgan fingerprint density at radius 3 is 2.81 bits per heavy atom. The van der Waals surface area contributed by atoms with Crippen molar-refractivity contribution in [3.05, 3.63) is 48.0 Å². The van der Waals surface area contributed by atoms with Gasteiger partial charge in [-0.25, -0.2) is 4.98 Å². The molecule has 3 heterocycles. The summed E-state index contributed by atoms with van der Waals surface area (Å²) in [5, 5.41) is 6.88. The molecule has 1 saturated heterocycles. The summed E-state index contributed by atoms with van der Waals surface area (Å²) < 4.78 is 11.5. The minimum atomic E-state index is 0. The number of ether oxygens (including phenoxy) is 1. The number of hydrogen-bond donors (Lipinski definition) is 2. The number of hydrogen-bond acceptors (Lipinski definition) is 5. The summed E-state index contributed by atoms with van der Waals surface area (Å²) in [7, 11) is 1.80. The molecule has 7 nitrogen and oxygen atoms in total. The van der Waals surface area contributed by atoms with E-state index < -0.39 is 0 Å². The number of aromatic nitrogens is 1. The Balaban J connectivity index is 0.00000272. The Morgan fingerprint density at radius 1 is 1.26 bits per heavy atom. The molecule has 0 bridgehead atoms. The van der Waals surface area contributed by atoms with E-state index in [-0.39, 0.29) is 30.0 Å². The van der Waals surface area contributed by atoms with Gasteiger partial charge in [0.05, 0.1) is 18.9 Å². The van der Waals surface area contributed by atoms with E-state index in [4.69, 9.17) is 9.15 Å². The lowest BCUT2D eigenvalue weighted by Crippen LogP contribution is -2.44. The molecule has 8 heteroatoms. The van der Waals surface area contributed by atoms with Gasteiger partial charge >= 0.3 is 0 Å². The third-order valence-electron chi connectivity index (χ3n) is 5.81. The Bertz CT molecular complexity index is 804. The molecule has 2 fully saturated rings. The molecule has 4 rings (SSSR count). The van der Waals surface area contributed by atoms with Gasteiger partial charge < -0.3 is 19.8 Å². The molecule has 1 unspecified atom stereocenters. The molecule has 1 aliphatic carbocycles. The van der Waals surface area contributed by atoms with Crippen LogP contribution in [0.4, 0.5) is 0 Å². The second-order valence-corrected chi connectivity index (χ2v) is 8.19. The SMILES string of the molecule is CN=C(NCc1ccnc(OCC2CC2)c1)NCC(c1ccco1)N1CCCCC1.I. The van der Waals surface area contributed by atoms with Gasteiger partial charge in [-0.2, -0.15) is 0 Å². The van der Waals surface area contributed by atoms with Crippen molar-refractivity contribution in [1.82, 2.24) is 20.5 Å². The van der Waals surface area contributed by atoms with Gasteiger partial charge in [-0.15, -0.1) is 24.0 Å². The van der Waals surface area contributed by atoms with Crippen molar-refractivity contribution >= 4 is 29.9 Å². The topological polar surface area (TPSA) is 74.9 Å². The second-order valence-electron chi connectivity index (χ2n) is 8.19. The molecule has 1 aliphatic heterocycles. The number of nitrogens with zero attached hydrogens (tertiary/aromatic N) is 3. The minimum Gasteiger partial charge on any atom is -0.477 e. The molecule has 1 atom stereocenters. The van der Waals surface area contributed by atoms with Crippen LogP contribution in [0.1, 0.15) is 49.5 Å². The molecule has 0 amide bonds. The molecule has 0 spiro atoms. The summed E-state index contributed by atoms with van der Waals surface area (Å²) in [6.45, 7) is 4.41. The van der Waals surface area contributed by atoms with Crippen LogP contribution in [0.5, 0.6) is 5.88 Å². The number of pyridine rings is 1. The van der Waals surface area contributed by atoms with Crippen molar-refractivity contribution < 1.29 is 9.15 Å². The van der Waals surface area contributed by atoms with Gasteiger partial charge in [0, 0.05) is 32.4 Å². The number of guanidine groups is 1. The first-order valence-corrected chi connectivity index (χ1v) is 11.1. The summed E-state index contributed by atoms with van der Waals surface area (Å²) in [5.74, 6) is 3.21. The number of rotatable bonds is 9. The number of furan rings is 1. The summed E-state index contributed by atoms with van der Waals surface area (Å²) in [4.78, 5) is 11.2. The predicted octanol–water partition coefficient (Wildman–Crippen LogP) is 3.97. The molecule has 1 saturated carbocycles. The molecule has 0 aromatic carbocycles. The molecule has 31 heavy (non-hydrogen) atoms. The van der Waals surface area contributed by atoms with Crippen LogP contribution in [0.25, 0.3) is 0 Å². The van der Waals surface area contributed by atoms with Crippen LogP contribution >= 0.6 is 24.0 Å². The van der Waals surface area contributed by atoms with E-state index in [1.54, 1.807) is 19.5 Å². The van der Waals surface area contributed by atoms with Crippen LogP contribution in [-0.2, 0) is 6.54 Å². The average molecular weight is 539 g/mol. The molecular weight excluding hydrogens is 505 g/mol. The molecule has 2 aliphatic rings. The highest BCUT2D eigenvalue weighted by Crippen LogP contribution is 2.29. The number of likely N-dealkylation sites (tertiary alicyclic amines) is 1. The molecule has 170 valence electrons. The highest BCUT2D eigenvalue weighted by molar-refractivity contribution is 14.0. The van der Waals surface area contributed by atoms with Crippen molar-refractivity contribution in [1.29, 1.82) is 0 Å². The van der Waals surface area contributed by atoms with Gasteiger partial charge in [-0.3, -0.25) is 9.89 Å². The lowest BCUT2D eigenvalue weighted by atomic mass is 10.1. The van der Waals surface area contributed by atoms with Crippen LogP contribution in [0.3, 0.4) is 0 Å². The maximum atomic E-state index is 5.79. The summed E-state index contributed by atoms with van der Waals surface area (Å²) in [6.07, 6.45) is 9.93. The zero-order chi connectivity index (χ0) is 20.6. The third kappa shape index (κ3) is 7.38. The standard InChI is InChI=1S/C23H33N5O2.HI/c1-24-23(26-15-19-9-10-25-22(14-19)30-17-18-7-8-18)27-16-20(21-6-5-13-29-21)28-11-3-2-4-12-28;/h5-6,9-10,13-14,18,20H,2-4,7-8,11-12,15-17H2,1H3,(H2,24,26,27);1H. The molecular formula is C23H34IN5O2. The number of aliphatic imine (C=N–C) groups is 1. The van der Waals surface area contributed by atoms with Gasteiger partial charge in [-0.05, 0) is 68.5 Å². The maximum absolute atomic E-state index is 5.79. The minimum absolute atomic E-state index is 0. The zero-order valence-corrected chi connectivity index (χ0v) is 20.6. The van der Waals surface area contributed by atoms with Crippen LogP contribution in [-0.4, -0.2) is 49.1 Å². The van der Waals surface area contributed by atoms with Crippen molar-refractivity contribution in [3.63, 3.8) is 0 Å². The third-order valence-corrected chi connectivity index (χ3v) is 5.81. The highest BCUT2D eigenvalue weighted by Gasteiger charge is 2.24. The first-order valence-electron chi connectivity index (χ1n) is 11.1. The van der Waals surface area contributed by atoms with Gasteiger partial charge in [0.15, 0.2) is 5.96 Å². The number of halogens is 1. The molecule has 2 aromatic rings. The molecule has 2 aromatic heterocycles. The Kier molecular flexibility index (Phi) is 9.45. The van der Waals surface area contributed by atoms with Gasteiger partial charge in [0.25, 0.3) is 0 Å². The summed E-state index contributed by atoms with van der Waals surface area (Å²) in [6, 6.07) is 8.25. The first kappa shape index (κ1) is 23.8. The van der Waals surface area contributed by atoms with Crippen molar-refractivity contribution in [3.8, 4) is 5.88 Å². The lowest BCUT2D eigenvalue weighted by molar-refractivity contribution is 0.146. The van der Waals surface area contributed by atoms with Crippen LogP contribution in [0.15, 0.2) is 46.1 Å². The second kappa shape index (κ2) is 12.3. The Labute approximate surface area is 202 Å². The largest absolute Gasteiger partial charge is 0.477 e. The van der Waals surface area contributed by atoms with Crippen LogP contribution in [0, 0.1) is 5.92 Å². The average Bonchev–Trinajstić information content (AvgIpc) is 3.47. The predicted molar refractivity (Wildman–Crippen MR) is 133 cm³/mol. The van der Waals surface area contributed by atoms with Crippen LogP contribution in [0.2, 0.25) is 0 Å². The number of piperidine rings is 1. The van der Waals surface area contributed by atoms with E-state index in [1.807, 2.05) is 18.2 Å². The van der Waals surface area contributed by atoms with Crippen molar-refractivity contribution in [2.24, 2.45) is 10.9 Å².